The summed E-state index contributed by atoms with van der Waals surface area (Å²) in [7, 11) is 0. The molecule has 1 unspecified atom stereocenters. The number of anilines is 1. The lowest BCUT2D eigenvalue weighted by Crippen LogP contribution is -2.34. The van der Waals surface area contributed by atoms with Crippen molar-refractivity contribution in [1.29, 1.82) is 0 Å². The van der Waals surface area contributed by atoms with Gasteiger partial charge in [0.2, 0.25) is 0 Å². The van der Waals surface area contributed by atoms with Crippen LogP contribution in [-0.4, -0.2) is 63.1 Å². The molecule has 1 fully saturated rings. The number of halogens is 3. The summed E-state index contributed by atoms with van der Waals surface area (Å²) in [6, 6.07) is 0.825. The van der Waals surface area contributed by atoms with E-state index in [9.17, 15) is 22.8 Å². The molecule has 0 aliphatic carbocycles. The van der Waals surface area contributed by atoms with Crippen molar-refractivity contribution in [2.45, 2.75) is 64.7 Å². The van der Waals surface area contributed by atoms with Crippen molar-refractivity contribution in [3.8, 4) is 10.4 Å². The molecule has 8 nitrogen and oxygen atoms in total. The smallest absolute Gasteiger partial charge is 0.396 e. The SMILES string of the molecule is CC1CCCN1C(=O)c1nc(C(=O)NCCCO)sc1-c1cnc(NC(C)(C)C)cc1C(F)(F)F. The van der Waals surface area contributed by atoms with E-state index in [1.165, 1.54) is 0 Å². The highest BCUT2D eigenvalue weighted by Gasteiger charge is 2.38. The summed E-state index contributed by atoms with van der Waals surface area (Å²) in [6.07, 6.45) is -1.79. The normalized spacial score (nSPS) is 16.5. The predicted molar refractivity (Wildman–Crippen MR) is 127 cm³/mol. The largest absolute Gasteiger partial charge is 0.417 e. The third-order valence-electron chi connectivity index (χ3n) is 5.42. The van der Waals surface area contributed by atoms with E-state index in [1.807, 2.05) is 6.92 Å². The van der Waals surface area contributed by atoms with E-state index in [0.717, 1.165) is 36.4 Å². The monoisotopic (exact) mass is 513 g/mol. The third-order valence-corrected chi connectivity index (χ3v) is 6.50. The molecule has 0 bridgehead atoms. The highest BCUT2D eigenvalue weighted by molar-refractivity contribution is 7.17. The molecule has 0 saturated carbocycles. The van der Waals surface area contributed by atoms with Gasteiger partial charge in [0.25, 0.3) is 11.8 Å². The quantitative estimate of drug-likeness (QED) is 0.480. The Morgan fingerprint density at radius 2 is 2.00 bits per heavy atom. The molecule has 192 valence electrons. The fourth-order valence-electron chi connectivity index (χ4n) is 3.80. The second kappa shape index (κ2) is 10.5. The van der Waals surface area contributed by atoms with Crippen molar-refractivity contribution in [2.75, 3.05) is 25.0 Å². The zero-order valence-electron chi connectivity index (χ0n) is 20.1. The fourth-order valence-corrected chi connectivity index (χ4v) is 4.79. The Balaban J connectivity index is 2.12. The maximum absolute atomic E-state index is 14.1. The molecule has 35 heavy (non-hydrogen) atoms. The van der Waals surface area contributed by atoms with Gasteiger partial charge in [-0.3, -0.25) is 9.59 Å². The number of thiazole rings is 1. The van der Waals surface area contributed by atoms with Crippen molar-refractivity contribution in [2.24, 2.45) is 0 Å². The number of carbonyl (C=O) groups excluding carboxylic acids is 2. The number of nitrogens with zero attached hydrogens (tertiary/aromatic N) is 3. The first-order valence-corrected chi connectivity index (χ1v) is 12.2. The van der Waals surface area contributed by atoms with Gasteiger partial charge in [0, 0.05) is 43.0 Å². The average molecular weight is 514 g/mol. The number of alkyl halides is 3. The van der Waals surface area contributed by atoms with Gasteiger partial charge in [-0.05, 0) is 53.0 Å². The molecule has 3 N–H and O–H groups in total. The predicted octanol–water partition coefficient (Wildman–Crippen LogP) is 4.17. The summed E-state index contributed by atoms with van der Waals surface area (Å²) >= 11 is 0.723. The number of carbonyl (C=O) groups is 2. The number of pyridine rings is 1. The van der Waals surface area contributed by atoms with Crippen molar-refractivity contribution < 1.29 is 27.9 Å². The first-order chi connectivity index (χ1) is 16.3. The summed E-state index contributed by atoms with van der Waals surface area (Å²) in [5, 5.41) is 14.3. The van der Waals surface area contributed by atoms with Gasteiger partial charge >= 0.3 is 6.18 Å². The average Bonchev–Trinajstić information content (AvgIpc) is 3.38. The van der Waals surface area contributed by atoms with Crippen LogP contribution in [0, 0.1) is 0 Å². The van der Waals surface area contributed by atoms with Gasteiger partial charge < -0.3 is 20.6 Å². The molecule has 1 aliphatic rings. The number of hydrogen-bond acceptors (Lipinski definition) is 7. The molecular formula is C23H30F3N5O3S. The molecule has 0 radical (unpaired) electrons. The van der Waals surface area contributed by atoms with Gasteiger partial charge in [0.05, 0.1) is 10.4 Å². The Labute approximate surface area is 206 Å². The number of aliphatic hydroxyl groups is 1. The van der Waals surface area contributed by atoms with Gasteiger partial charge in [-0.25, -0.2) is 9.97 Å². The van der Waals surface area contributed by atoms with Gasteiger partial charge in [0.1, 0.15) is 11.5 Å². The van der Waals surface area contributed by atoms with Crippen molar-refractivity contribution in [3.63, 3.8) is 0 Å². The number of rotatable bonds is 7. The van der Waals surface area contributed by atoms with Crippen molar-refractivity contribution in [3.05, 3.63) is 28.5 Å². The van der Waals surface area contributed by atoms with Crippen LogP contribution < -0.4 is 10.6 Å². The van der Waals surface area contributed by atoms with Crippen molar-refractivity contribution >= 4 is 29.0 Å². The van der Waals surface area contributed by atoms with E-state index in [2.05, 4.69) is 20.6 Å². The van der Waals surface area contributed by atoms with Crippen LogP contribution in [-0.2, 0) is 6.18 Å². The Kier molecular flexibility index (Phi) is 8.05. The molecule has 1 aliphatic heterocycles. The van der Waals surface area contributed by atoms with Crippen molar-refractivity contribution in [1.82, 2.24) is 20.2 Å². The van der Waals surface area contributed by atoms with E-state index in [4.69, 9.17) is 5.11 Å². The highest BCUT2D eigenvalue weighted by atomic mass is 32.1. The molecule has 0 aromatic carbocycles. The Morgan fingerprint density at radius 1 is 1.29 bits per heavy atom. The van der Waals surface area contributed by atoms with Gasteiger partial charge in [-0.1, -0.05) is 0 Å². The highest BCUT2D eigenvalue weighted by Crippen LogP contribution is 2.42. The van der Waals surface area contributed by atoms with Gasteiger partial charge in [0.15, 0.2) is 5.01 Å². The van der Waals surface area contributed by atoms with E-state index >= 15 is 0 Å². The van der Waals surface area contributed by atoms with E-state index in [1.54, 1.807) is 25.7 Å². The minimum Gasteiger partial charge on any atom is -0.396 e. The Bertz CT molecular complexity index is 1080. The standard InChI is InChI=1S/C23H30F3N5O3S/c1-13-7-5-9-31(13)21(34)17-18(35-20(29-17)19(33)27-8-6-10-32)14-12-28-16(30-22(2,3)4)11-15(14)23(24,25)26/h11-13,32H,5-10H2,1-4H3,(H,27,33)(H,28,30). The number of nitrogens with one attached hydrogen (secondary N) is 2. The molecular weight excluding hydrogens is 483 g/mol. The van der Waals surface area contributed by atoms with Crippen LogP contribution in [0.2, 0.25) is 0 Å². The first kappa shape index (κ1) is 26.9. The molecule has 12 heteroatoms. The molecule has 3 rings (SSSR count). The number of likely N-dealkylation sites (tertiary alicyclic amines) is 1. The van der Waals surface area contributed by atoms with Gasteiger partial charge in [-0.2, -0.15) is 13.2 Å². The molecule has 1 atom stereocenters. The first-order valence-electron chi connectivity index (χ1n) is 11.4. The summed E-state index contributed by atoms with van der Waals surface area (Å²) in [6.45, 7) is 7.77. The third kappa shape index (κ3) is 6.49. The van der Waals surface area contributed by atoms with Crippen LogP contribution in [0.4, 0.5) is 19.0 Å². The minimum absolute atomic E-state index is 0.0427. The molecule has 2 amide bonds. The maximum Gasteiger partial charge on any atom is 0.417 e. The number of amides is 2. The Hall–Kier alpha value is -2.73. The number of aromatic nitrogens is 2. The van der Waals surface area contributed by atoms with Crippen LogP contribution in [0.15, 0.2) is 12.3 Å². The lowest BCUT2D eigenvalue weighted by Gasteiger charge is -2.23. The number of hydrogen-bond donors (Lipinski definition) is 3. The van der Waals surface area contributed by atoms with Gasteiger partial charge in [-0.15, -0.1) is 11.3 Å². The molecule has 2 aromatic heterocycles. The fraction of sp³-hybridized carbons (Fsp3) is 0.565. The second-order valence-electron chi connectivity index (χ2n) is 9.51. The molecule has 0 spiro atoms. The van der Waals surface area contributed by atoms with E-state index in [-0.39, 0.29) is 46.2 Å². The van der Waals surface area contributed by atoms with Crippen LogP contribution in [0.5, 0.6) is 0 Å². The van der Waals surface area contributed by atoms with E-state index in [0.29, 0.717) is 13.0 Å². The van der Waals surface area contributed by atoms with Crippen LogP contribution >= 0.6 is 11.3 Å². The summed E-state index contributed by atoms with van der Waals surface area (Å²) in [4.78, 5) is 35.8. The zero-order chi connectivity index (χ0) is 26.0. The summed E-state index contributed by atoms with van der Waals surface area (Å²) in [5.41, 5.74) is -1.99. The molecule has 1 saturated heterocycles. The van der Waals surface area contributed by atoms with Crippen LogP contribution in [0.1, 0.15) is 72.8 Å². The lowest BCUT2D eigenvalue weighted by molar-refractivity contribution is -0.137. The van der Waals surface area contributed by atoms with E-state index < -0.39 is 29.1 Å². The Morgan fingerprint density at radius 3 is 2.57 bits per heavy atom. The van der Waals surface area contributed by atoms with Crippen LogP contribution in [0.3, 0.4) is 0 Å². The zero-order valence-corrected chi connectivity index (χ0v) is 20.9. The number of aliphatic hydroxyl groups excluding tert-OH is 1. The maximum atomic E-state index is 14.1. The summed E-state index contributed by atoms with van der Waals surface area (Å²) < 4.78 is 42.4. The lowest BCUT2D eigenvalue weighted by atomic mass is 10.1. The molecule has 2 aromatic rings. The minimum atomic E-state index is -4.73. The van der Waals surface area contributed by atoms with Crippen LogP contribution in [0.25, 0.3) is 10.4 Å². The topological polar surface area (TPSA) is 107 Å². The molecule has 3 heterocycles. The summed E-state index contributed by atoms with van der Waals surface area (Å²) in [5.74, 6) is -1.09. The second-order valence-corrected chi connectivity index (χ2v) is 10.5.